The Hall–Kier alpha value is -4.20. The van der Waals surface area contributed by atoms with Crippen LogP contribution in [0.1, 0.15) is 35.9 Å². The van der Waals surface area contributed by atoms with Crippen LogP contribution < -0.4 is 24.4 Å². The topological polar surface area (TPSA) is 80.3 Å². The predicted molar refractivity (Wildman–Crippen MR) is 139 cm³/mol. The maximum absolute atomic E-state index is 13.7. The fraction of sp³-hybridized carbons (Fsp3) is 0.286. The van der Waals surface area contributed by atoms with Gasteiger partial charge in [0, 0.05) is 25.5 Å². The van der Waals surface area contributed by atoms with Gasteiger partial charge in [0.1, 0.15) is 11.9 Å². The van der Waals surface area contributed by atoms with E-state index in [9.17, 15) is 9.59 Å². The van der Waals surface area contributed by atoms with Crippen LogP contribution in [0.15, 0.2) is 66.7 Å². The average Bonchev–Trinajstić information content (AvgIpc) is 2.89. The van der Waals surface area contributed by atoms with Crippen molar-refractivity contribution in [2.24, 2.45) is 0 Å². The Morgan fingerprint density at radius 2 is 1.78 bits per heavy atom. The van der Waals surface area contributed by atoms with E-state index in [1.54, 1.807) is 39.1 Å². The zero-order valence-electron chi connectivity index (χ0n) is 21.1. The van der Waals surface area contributed by atoms with Crippen LogP contribution in [0.5, 0.6) is 17.2 Å². The van der Waals surface area contributed by atoms with Crippen molar-refractivity contribution in [3.05, 3.63) is 77.9 Å². The lowest BCUT2D eigenvalue weighted by molar-refractivity contribution is -0.135. The lowest BCUT2D eigenvalue weighted by Crippen LogP contribution is -2.43. The van der Waals surface area contributed by atoms with Gasteiger partial charge < -0.3 is 24.4 Å². The van der Waals surface area contributed by atoms with Gasteiger partial charge in [-0.05, 0) is 67.9 Å². The van der Waals surface area contributed by atoms with E-state index in [2.05, 4.69) is 5.32 Å². The molecule has 0 aliphatic carbocycles. The summed E-state index contributed by atoms with van der Waals surface area (Å²) in [5.41, 5.74) is 2.86. The number of amides is 2. The highest BCUT2D eigenvalue weighted by atomic mass is 16.5. The minimum atomic E-state index is -0.679. The molecule has 1 aliphatic heterocycles. The van der Waals surface area contributed by atoms with E-state index in [4.69, 9.17) is 14.2 Å². The molecule has 2 unspecified atom stereocenters. The van der Waals surface area contributed by atoms with Crippen molar-refractivity contribution in [1.29, 1.82) is 0 Å². The highest BCUT2D eigenvalue weighted by molar-refractivity contribution is 6.12. The molecule has 0 bridgehead atoms. The maximum Gasteiger partial charge on any atom is 0.262 e. The highest BCUT2D eigenvalue weighted by Gasteiger charge is 2.34. The molecule has 0 spiro atoms. The number of methoxy groups -OCH3 is 1. The number of benzene rings is 3. The van der Waals surface area contributed by atoms with E-state index in [1.807, 2.05) is 67.6 Å². The number of nitrogens with zero attached hydrogens (tertiary/aromatic N) is 2. The molecule has 2 atom stereocenters. The van der Waals surface area contributed by atoms with Crippen LogP contribution in [0, 0.1) is 0 Å². The number of para-hydroxylation sites is 1. The van der Waals surface area contributed by atoms with Crippen molar-refractivity contribution in [2.45, 2.75) is 26.1 Å². The van der Waals surface area contributed by atoms with E-state index in [0.29, 0.717) is 29.4 Å². The number of fused-ring (bicyclic) bond motifs is 1. The molecule has 4 rings (SSSR count). The summed E-state index contributed by atoms with van der Waals surface area (Å²) in [6.07, 6.45) is -1.18. The first-order chi connectivity index (χ1) is 17.3. The number of likely N-dealkylation sites (N-methyl/N-ethyl adjacent to an activating group) is 1. The zero-order valence-corrected chi connectivity index (χ0v) is 21.1. The normalized spacial score (nSPS) is 15.4. The number of carbonyl (C=O) groups is 2. The summed E-state index contributed by atoms with van der Waals surface area (Å²) in [4.78, 5) is 29.2. The molecule has 1 N–H and O–H groups in total. The van der Waals surface area contributed by atoms with Gasteiger partial charge in [-0.15, -0.1) is 0 Å². The van der Waals surface area contributed by atoms with Gasteiger partial charge in [-0.2, -0.15) is 0 Å². The molecule has 2 amide bonds. The second-order valence-corrected chi connectivity index (χ2v) is 8.60. The third-order valence-corrected chi connectivity index (χ3v) is 5.95. The standard InChI is InChI=1S/C28H31N3O5/c1-6-35-25-17-19(11-16-24(25)36-18(2)27(32)30(3)4)26-29-23-10-8-7-9-22(23)28(33)31(26)20-12-14-21(34-5)15-13-20/h7-18,26,29H,6H2,1-5H3. The first-order valence-corrected chi connectivity index (χ1v) is 11.8. The predicted octanol–water partition coefficient (Wildman–Crippen LogP) is 4.72. The Balaban J connectivity index is 1.75. The largest absolute Gasteiger partial charge is 0.497 e. The average molecular weight is 490 g/mol. The molecule has 0 saturated carbocycles. The fourth-order valence-corrected chi connectivity index (χ4v) is 4.16. The molecule has 8 nitrogen and oxygen atoms in total. The van der Waals surface area contributed by atoms with E-state index in [-0.39, 0.29) is 11.8 Å². The summed E-state index contributed by atoms with van der Waals surface area (Å²) >= 11 is 0. The van der Waals surface area contributed by atoms with Crippen LogP contribution in [0.4, 0.5) is 11.4 Å². The monoisotopic (exact) mass is 489 g/mol. The summed E-state index contributed by atoms with van der Waals surface area (Å²) in [5.74, 6) is 1.39. The number of hydrogen-bond donors (Lipinski definition) is 1. The van der Waals surface area contributed by atoms with Crippen LogP contribution in [-0.4, -0.2) is 50.6 Å². The van der Waals surface area contributed by atoms with Gasteiger partial charge in [0.15, 0.2) is 17.6 Å². The molecular formula is C28H31N3O5. The van der Waals surface area contributed by atoms with Crippen LogP contribution >= 0.6 is 0 Å². The Morgan fingerprint density at radius 3 is 2.44 bits per heavy atom. The van der Waals surface area contributed by atoms with Gasteiger partial charge in [0.25, 0.3) is 11.8 Å². The lowest BCUT2D eigenvalue weighted by atomic mass is 10.0. The van der Waals surface area contributed by atoms with Crippen LogP contribution in [0.3, 0.4) is 0 Å². The SMILES string of the molecule is CCOc1cc(C2Nc3ccccc3C(=O)N2c2ccc(OC)cc2)ccc1OC(C)C(=O)N(C)C. The summed E-state index contributed by atoms with van der Waals surface area (Å²) in [6.45, 7) is 4.00. The van der Waals surface area contributed by atoms with E-state index < -0.39 is 12.3 Å². The number of ether oxygens (including phenoxy) is 3. The minimum absolute atomic E-state index is 0.122. The number of hydrogen-bond acceptors (Lipinski definition) is 6. The molecular weight excluding hydrogens is 458 g/mol. The van der Waals surface area contributed by atoms with Gasteiger partial charge in [0.2, 0.25) is 0 Å². The van der Waals surface area contributed by atoms with Crippen molar-refractivity contribution < 1.29 is 23.8 Å². The Morgan fingerprint density at radius 1 is 1.06 bits per heavy atom. The fourth-order valence-electron chi connectivity index (χ4n) is 4.16. The molecule has 3 aromatic rings. The molecule has 3 aromatic carbocycles. The first kappa shape index (κ1) is 24.9. The Kier molecular flexibility index (Phi) is 7.33. The third-order valence-electron chi connectivity index (χ3n) is 5.95. The number of carbonyl (C=O) groups excluding carboxylic acids is 2. The second-order valence-electron chi connectivity index (χ2n) is 8.60. The van der Waals surface area contributed by atoms with Crippen molar-refractivity contribution in [3.63, 3.8) is 0 Å². The van der Waals surface area contributed by atoms with Crippen LogP contribution in [0.2, 0.25) is 0 Å². The number of anilines is 2. The first-order valence-electron chi connectivity index (χ1n) is 11.8. The van der Waals surface area contributed by atoms with Crippen molar-refractivity contribution in [2.75, 3.05) is 38.0 Å². The molecule has 188 valence electrons. The Bertz CT molecular complexity index is 1240. The van der Waals surface area contributed by atoms with Gasteiger partial charge in [-0.25, -0.2) is 0 Å². The third kappa shape index (κ3) is 4.93. The van der Waals surface area contributed by atoms with Gasteiger partial charge >= 0.3 is 0 Å². The molecule has 0 aromatic heterocycles. The minimum Gasteiger partial charge on any atom is -0.497 e. The van der Waals surface area contributed by atoms with Crippen LogP contribution in [-0.2, 0) is 4.79 Å². The molecule has 1 heterocycles. The van der Waals surface area contributed by atoms with Crippen molar-refractivity contribution in [1.82, 2.24) is 4.90 Å². The van der Waals surface area contributed by atoms with E-state index in [0.717, 1.165) is 16.9 Å². The van der Waals surface area contributed by atoms with Gasteiger partial charge in [-0.1, -0.05) is 18.2 Å². The molecule has 8 heteroatoms. The molecule has 0 radical (unpaired) electrons. The van der Waals surface area contributed by atoms with Crippen molar-refractivity contribution in [3.8, 4) is 17.2 Å². The smallest absolute Gasteiger partial charge is 0.262 e. The summed E-state index contributed by atoms with van der Waals surface area (Å²) in [5, 5.41) is 3.50. The number of rotatable bonds is 8. The second kappa shape index (κ2) is 10.6. The quantitative estimate of drug-likeness (QED) is 0.493. The zero-order chi connectivity index (χ0) is 25.8. The summed E-state index contributed by atoms with van der Waals surface area (Å²) in [6, 6.07) is 20.3. The molecule has 0 fully saturated rings. The van der Waals surface area contributed by atoms with Crippen LogP contribution in [0.25, 0.3) is 0 Å². The molecule has 1 aliphatic rings. The van der Waals surface area contributed by atoms with Gasteiger partial charge in [0.05, 0.1) is 19.3 Å². The number of nitrogens with one attached hydrogen (secondary N) is 1. The molecule has 0 saturated heterocycles. The van der Waals surface area contributed by atoms with Gasteiger partial charge in [-0.3, -0.25) is 14.5 Å². The highest BCUT2D eigenvalue weighted by Crippen LogP contribution is 2.40. The maximum atomic E-state index is 13.7. The van der Waals surface area contributed by atoms with Crippen molar-refractivity contribution >= 4 is 23.2 Å². The Labute approximate surface area is 211 Å². The molecule has 36 heavy (non-hydrogen) atoms. The summed E-state index contributed by atoms with van der Waals surface area (Å²) in [7, 11) is 4.98. The summed E-state index contributed by atoms with van der Waals surface area (Å²) < 4.78 is 17.1. The van der Waals surface area contributed by atoms with E-state index >= 15 is 0 Å². The van der Waals surface area contributed by atoms with E-state index in [1.165, 1.54) is 4.90 Å². The lowest BCUT2D eigenvalue weighted by Gasteiger charge is -2.38.